The number of hydrogen-bond acceptors (Lipinski definition) is 2. The third-order valence-corrected chi connectivity index (χ3v) is 5.51. The van der Waals surface area contributed by atoms with Crippen LogP contribution in [0.3, 0.4) is 0 Å². The molecule has 2 nitrogen and oxygen atoms in total. The highest BCUT2D eigenvalue weighted by Gasteiger charge is 2.22. The van der Waals surface area contributed by atoms with Crippen molar-refractivity contribution >= 4 is 5.57 Å². The fourth-order valence-electron chi connectivity index (χ4n) is 3.89. The van der Waals surface area contributed by atoms with E-state index < -0.39 is 0 Å². The van der Waals surface area contributed by atoms with E-state index in [1.54, 1.807) is 6.26 Å². The summed E-state index contributed by atoms with van der Waals surface area (Å²) in [6.45, 7) is 0. The molecule has 2 aromatic carbocycles. The van der Waals surface area contributed by atoms with Crippen LogP contribution < -0.4 is 0 Å². The summed E-state index contributed by atoms with van der Waals surface area (Å²) in [5.41, 5.74) is 3.15. The van der Waals surface area contributed by atoms with Crippen LogP contribution in [0.15, 0.2) is 89.6 Å². The van der Waals surface area contributed by atoms with Gasteiger partial charge in [0.1, 0.15) is 11.9 Å². The van der Waals surface area contributed by atoms with Crippen molar-refractivity contribution in [3.05, 3.63) is 102 Å². The molecule has 0 bridgehead atoms. The van der Waals surface area contributed by atoms with Crippen LogP contribution in [-0.4, -0.2) is 6.10 Å². The molecule has 1 saturated carbocycles. The molecular weight excluding hydrogens is 368 g/mol. The zero-order chi connectivity index (χ0) is 20.4. The summed E-state index contributed by atoms with van der Waals surface area (Å²) in [7, 11) is 0. The lowest BCUT2D eigenvalue weighted by atomic mass is 9.97. The summed E-state index contributed by atoms with van der Waals surface area (Å²) in [4.78, 5) is 0. The highest BCUT2D eigenvalue weighted by molar-refractivity contribution is 5.79. The van der Waals surface area contributed by atoms with Crippen molar-refractivity contribution in [3.63, 3.8) is 0 Å². The monoisotopic (exact) mass is 396 g/mol. The Morgan fingerprint density at radius 2 is 1.67 bits per heavy atom. The fourth-order valence-corrected chi connectivity index (χ4v) is 3.89. The molecule has 30 heavy (non-hydrogen) atoms. The minimum absolute atomic E-state index is 0.0830. The predicted molar refractivity (Wildman–Crippen MR) is 122 cm³/mol. The van der Waals surface area contributed by atoms with Crippen molar-refractivity contribution in [2.24, 2.45) is 0 Å². The molecule has 1 aliphatic carbocycles. The summed E-state index contributed by atoms with van der Waals surface area (Å²) < 4.78 is 12.2. The Balaban J connectivity index is 1.58. The number of rotatable bonds is 6. The number of furan rings is 1. The second kappa shape index (κ2) is 10.7. The van der Waals surface area contributed by atoms with Crippen LogP contribution in [-0.2, 0) is 4.74 Å². The van der Waals surface area contributed by atoms with E-state index >= 15 is 0 Å². The largest absolute Gasteiger partial charge is 0.467 e. The molecule has 0 aliphatic heterocycles. The van der Waals surface area contributed by atoms with Gasteiger partial charge in [0.05, 0.1) is 12.4 Å². The zero-order valence-corrected chi connectivity index (χ0v) is 17.3. The van der Waals surface area contributed by atoms with Crippen molar-refractivity contribution < 1.29 is 9.15 Å². The van der Waals surface area contributed by atoms with E-state index in [1.165, 1.54) is 19.3 Å². The molecule has 4 rings (SSSR count). The molecule has 0 N–H and O–H groups in total. The summed E-state index contributed by atoms with van der Waals surface area (Å²) >= 11 is 0. The van der Waals surface area contributed by atoms with E-state index in [0.717, 1.165) is 41.7 Å². The first-order valence-corrected chi connectivity index (χ1v) is 10.9. The first-order valence-electron chi connectivity index (χ1n) is 10.9. The molecule has 2 heteroatoms. The van der Waals surface area contributed by atoms with Gasteiger partial charge in [-0.2, -0.15) is 0 Å². The molecule has 0 saturated heterocycles. The van der Waals surface area contributed by atoms with Gasteiger partial charge in [-0.25, -0.2) is 0 Å². The Kier molecular flexibility index (Phi) is 7.21. The van der Waals surface area contributed by atoms with Gasteiger partial charge in [-0.3, -0.25) is 0 Å². The molecule has 1 fully saturated rings. The smallest absolute Gasteiger partial charge is 0.132 e. The van der Waals surface area contributed by atoms with Gasteiger partial charge in [0.2, 0.25) is 0 Å². The van der Waals surface area contributed by atoms with Crippen LogP contribution in [0.4, 0.5) is 0 Å². The highest BCUT2D eigenvalue weighted by atomic mass is 16.5. The van der Waals surface area contributed by atoms with E-state index in [-0.39, 0.29) is 6.10 Å². The topological polar surface area (TPSA) is 22.4 Å². The lowest BCUT2D eigenvalue weighted by Crippen LogP contribution is -2.19. The molecule has 0 spiro atoms. The Hall–Kier alpha value is -3.02. The Labute approximate surface area is 179 Å². The molecule has 0 amide bonds. The molecule has 152 valence electrons. The molecule has 1 aliphatic rings. The van der Waals surface area contributed by atoms with Crippen LogP contribution in [0, 0.1) is 11.8 Å². The highest BCUT2D eigenvalue weighted by Crippen LogP contribution is 2.30. The Morgan fingerprint density at radius 3 is 2.37 bits per heavy atom. The lowest BCUT2D eigenvalue weighted by molar-refractivity contribution is -0.0391. The van der Waals surface area contributed by atoms with Crippen molar-refractivity contribution in [1.29, 1.82) is 0 Å². The van der Waals surface area contributed by atoms with Crippen molar-refractivity contribution in [1.82, 2.24) is 0 Å². The van der Waals surface area contributed by atoms with Gasteiger partial charge < -0.3 is 9.15 Å². The van der Waals surface area contributed by atoms with E-state index in [9.17, 15) is 0 Å². The predicted octanol–water partition coefficient (Wildman–Crippen LogP) is 7.20. The minimum Gasteiger partial charge on any atom is -0.467 e. The van der Waals surface area contributed by atoms with Gasteiger partial charge in [0.15, 0.2) is 0 Å². The van der Waals surface area contributed by atoms with Crippen LogP contribution in [0.5, 0.6) is 0 Å². The molecule has 1 unspecified atom stereocenters. The number of benzene rings is 2. The van der Waals surface area contributed by atoms with Gasteiger partial charge in [0, 0.05) is 17.6 Å². The number of hydrogen-bond donors (Lipinski definition) is 0. The zero-order valence-electron chi connectivity index (χ0n) is 17.3. The maximum atomic E-state index is 6.50. The number of ether oxygens (including phenoxy) is 1. The molecule has 1 heterocycles. The van der Waals surface area contributed by atoms with Crippen molar-refractivity contribution in [3.8, 4) is 11.8 Å². The van der Waals surface area contributed by atoms with Gasteiger partial charge in [-0.15, -0.1) is 0 Å². The van der Waals surface area contributed by atoms with Gasteiger partial charge in [0.25, 0.3) is 0 Å². The first kappa shape index (κ1) is 20.3. The first-order chi connectivity index (χ1) is 14.9. The average molecular weight is 397 g/mol. The normalized spacial score (nSPS) is 15.9. The maximum Gasteiger partial charge on any atom is 0.132 e. The van der Waals surface area contributed by atoms with Crippen LogP contribution in [0.2, 0.25) is 0 Å². The van der Waals surface area contributed by atoms with E-state index in [1.807, 2.05) is 48.5 Å². The molecule has 1 atom stereocenters. The molecule has 1 aromatic heterocycles. The standard InChI is InChI=1S/C28H28O2/c1-4-11-23(12-5-1)18-19-25(24-13-6-2-7-14-24)20-21-28(27-17-10-22-29-27)30-26-15-8-3-9-16-26/h1-2,4-7,10-14,17,20,22,26,28H,3,8-9,15-16,21H2/b25-20+. The number of allylic oxidation sites excluding steroid dienone is 1. The van der Waals surface area contributed by atoms with E-state index in [0.29, 0.717) is 6.10 Å². The lowest BCUT2D eigenvalue weighted by Gasteiger charge is -2.26. The minimum atomic E-state index is -0.0830. The summed E-state index contributed by atoms with van der Waals surface area (Å²) in [5, 5.41) is 0. The molecule has 3 aromatic rings. The second-order valence-corrected chi connectivity index (χ2v) is 7.74. The summed E-state index contributed by atoms with van der Waals surface area (Å²) in [6, 6.07) is 24.4. The van der Waals surface area contributed by atoms with Crippen molar-refractivity contribution in [2.75, 3.05) is 0 Å². The second-order valence-electron chi connectivity index (χ2n) is 7.74. The van der Waals surface area contributed by atoms with Gasteiger partial charge in [-0.1, -0.05) is 85.7 Å². The third-order valence-electron chi connectivity index (χ3n) is 5.51. The fraction of sp³-hybridized carbons (Fsp3) is 0.286. The van der Waals surface area contributed by atoms with Crippen LogP contribution >= 0.6 is 0 Å². The van der Waals surface area contributed by atoms with Crippen LogP contribution in [0.1, 0.15) is 61.5 Å². The van der Waals surface area contributed by atoms with E-state index in [2.05, 4.69) is 42.2 Å². The summed E-state index contributed by atoms with van der Waals surface area (Å²) in [5.74, 6) is 7.57. The maximum absolute atomic E-state index is 6.50. The van der Waals surface area contributed by atoms with Crippen LogP contribution in [0.25, 0.3) is 5.57 Å². The summed E-state index contributed by atoms with van der Waals surface area (Å²) in [6.07, 6.45) is 11.0. The quantitative estimate of drug-likeness (QED) is 0.411. The third kappa shape index (κ3) is 5.75. The van der Waals surface area contributed by atoms with Gasteiger partial charge in [-0.05, 0) is 42.7 Å². The average Bonchev–Trinajstić information content (AvgIpc) is 3.35. The Morgan fingerprint density at radius 1 is 0.933 bits per heavy atom. The van der Waals surface area contributed by atoms with E-state index in [4.69, 9.17) is 9.15 Å². The molecular formula is C28H28O2. The van der Waals surface area contributed by atoms with Crippen molar-refractivity contribution in [2.45, 2.75) is 50.7 Å². The SMILES string of the molecule is C(#Cc1ccccc1)/C(=C\CC(OC1CCCCC1)c1ccco1)c1ccccc1. The Bertz CT molecular complexity index is 969. The molecule has 0 radical (unpaired) electrons. The van der Waals surface area contributed by atoms with Gasteiger partial charge >= 0.3 is 0 Å².